The van der Waals surface area contributed by atoms with Crippen molar-refractivity contribution in [3.8, 4) is 0 Å². The summed E-state index contributed by atoms with van der Waals surface area (Å²) in [7, 11) is 0. The zero-order chi connectivity index (χ0) is 15.1. The third-order valence-electron chi connectivity index (χ3n) is 2.48. The third kappa shape index (κ3) is 5.38. The van der Waals surface area contributed by atoms with Crippen molar-refractivity contribution in [2.45, 2.75) is 33.2 Å². The van der Waals surface area contributed by atoms with Crippen LogP contribution in [0.3, 0.4) is 0 Å². The van der Waals surface area contributed by atoms with Crippen LogP contribution in [-0.2, 0) is 19.1 Å². The number of anilines is 1. The number of benzene rings is 1. The zero-order valence-electron chi connectivity index (χ0n) is 11.8. The van der Waals surface area contributed by atoms with E-state index in [0.29, 0.717) is 5.69 Å². The molecule has 0 aromatic heterocycles. The first-order valence-corrected chi connectivity index (χ1v) is 6.25. The lowest BCUT2D eigenvalue weighted by Gasteiger charge is -2.19. The maximum atomic E-state index is 11.6. The number of amides is 1. The van der Waals surface area contributed by atoms with Crippen LogP contribution in [0.15, 0.2) is 24.3 Å². The van der Waals surface area contributed by atoms with Gasteiger partial charge in [0.2, 0.25) is 0 Å². The SMILES string of the molecule is CC(=O)OCC(=O)Nc1ccccc1C(C)OC(C)O. The number of carbonyl (C=O) groups is 2. The highest BCUT2D eigenvalue weighted by atomic mass is 16.6. The maximum Gasteiger partial charge on any atom is 0.303 e. The van der Waals surface area contributed by atoms with Crippen molar-refractivity contribution in [1.29, 1.82) is 0 Å². The number of hydrogen-bond acceptors (Lipinski definition) is 5. The largest absolute Gasteiger partial charge is 0.456 e. The van der Waals surface area contributed by atoms with E-state index in [-0.39, 0.29) is 12.7 Å². The molecular formula is C14H19NO5. The van der Waals surface area contributed by atoms with Crippen molar-refractivity contribution in [3.05, 3.63) is 29.8 Å². The molecule has 0 saturated heterocycles. The molecule has 0 aliphatic carbocycles. The molecule has 1 rings (SSSR count). The van der Waals surface area contributed by atoms with Gasteiger partial charge in [0.1, 0.15) is 0 Å². The van der Waals surface area contributed by atoms with Crippen molar-refractivity contribution in [2.24, 2.45) is 0 Å². The quantitative estimate of drug-likeness (QED) is 0.611. The Bertz CT molecular complexity index is 472. The van der Waals surface area contributed by atoms with Crippen LogP contribution in [0.4, 0.5) is 5.69 Å². The number of carbonyl (C=O) groups excluding carboxylic acids is 2. The topological polar surface area (TPSA) is 84.9 Å². The van der Waals surface area contributed by atoms with Crippen LogP contribution in [0.5, 0.6) is 0 Å². The van der Waals surface area contributed by atoms with Crippen LogP contribution in [0, 0.1) is 0 Å². The molecule has 2 N–H and O–H groups in total. The summed E-state index contributed by atoms with van der Waals surface area (Å²) in [5.74, 6) is -0.948. The minimum atomic E-state index is -0.908. The predicted molar refractivity (Wildman–Crippen MR) is 72.9 cm³/mol. The summed E-state index contributed by atoms with van der Waals surface area (Å²) in [6.07, 6.45) is -1.30. The van der Waals surface area contributed by atoms with Gasteiger partial charge in [-0.3, -0.25) is 9.59 Å². The third-order valence-corrected chi connectivity index (χ3v) is 2.48. The first-order valence-electron chi connectivity index (χ1n) is 6.25. The summed E-state index contributed by atoms with van der Waals surface area (Å²) >= 11 is 0. The highest BCUT2D eigenvalue weighted by Crippen LogP contribution is 2.25. The summed E-state index contributed by atoms with van der Waals surface area (Å²) < 4.78 is 9.89. The second-order valence-corrected chi connectivity index (χ2v) is 4.29. The molecule has 1 aromatic carbocycles. The van der Waals surface area contributed by atoms with E-state index in [1.165, 1.54) is 13.8 Å². The van der Waals surface area contributed by atoms with Crippen LogP contribution in [0.1, 0.15) is 32.4 Å². The molecule has 0 aliphatic heterocycles. The molecule has 0 radical (unpaired) electrons. The Morgan fingerprint density at radius 1 is 1.30 bits per heavy atom. The number of para-hydroxylation sites is 1. The Balaban J connectivity index is 2.74. The number of nitrogens with one attached hydrogen (secondary N) is 1. The van der Waals surface area contributed by atoms with Crippen molar-refractivity contribution in [2.75, 3.05) is 11.9 Å². The first kappa shape index (κ1) is 16.1. The van der Waals surface area contributed by atoms with Crippen molar-refractivity contribution in [1.82, 2.24) is 0 Å². The van der Waals surface area contributed by atoms with E-state index in [4.69, 9.17) is 4.74 Å². The predicted octanol–water partition coefficient (Wildman–Crippen LogP) is 1.60. The number of esters is 1. The molecule has 6 nitrogen and oxygen atoms in total. The molecule has 110 valence electrons. The van der Waals surface area contributed by atoms with Crippen LogP contribution >= 0.6 is 0 Å². The molecular weight excluding hydrogens is 262 g/mol. The number of aliphatic hydroxyl groups excluding tert-OH is 1. The molecule has 20 heavy (non-hydrogen) atoms. The fourth-order valence-corrected chi connectivity index (χ4v) is 1.69. The Labute approximate surface area is 117 Å². The Hall–Kier alpha value is -1.92. The molecule has 0 spiro atoms. The number of rotatable bonds is 6. The summed E-state index contributed by atoms with van der Waals surface area (Å²) in [4.78, 5) is 22.3. The van der Waals surface area contributed by atoms with Gasteiger partial charge in [0.05, 0.1) is 6.10 Å². The maximum absolute atomic E-state index is 11.6. The normalized spacial score (nSPS) is 13.4. The summed E-state index contributed by atoms with van der Waals surface area (Å²) in [6, 6.07) is 7.07. The minimum absolute atomic E-state index is 0.338. The Kier molecular flexibility index (Phi) is 6.14. The average Bonchev–Trinajstić information content (AvgIpc) is 2.36. The molecule has 6 heteroatoms. The minimum Gasteiger partial charge on any atom is -0.456 e. The monoisotopic (exact) mass is 281 g/mol. The van der Waals surface area contributed by atoms with Gasteiger partial charge in [-0.25, -0.2) is 0 Å². The van der Waals surface area contributed by atoms with Crippen LogP contribution in [0.25, 0.3) is 0 Å². The van der Waals surface area contributed by atoms with Gasteiger partial charge in [0.15, 0.2) is 12.9 Å². The number of aliphatic hydroxyl groups is 1. The Morgan fingerprint density at radius 3 is 2.55 bits per heavy atom. The smallest absolute Gasteiger partial charge is 0.303 e. The first-order chi connectivity index (χ1) is 9.40. The summed E-state index contributed by atoms with van der Waals surface area (Å²) in [5, 5.41) is 11.9. The molecule has 0 bridgehead atoms. The van der Waals surface area contributed by atoms with Gasteiger partial charge in [-0.15, -0.1) is 0 Å². The lowest BCUT2D eigenvalue weighted by molar-refractivity contribution is -0.145. The highest BCUT2D eigenvalue weighted by Gasteiger charge is 2.14. The second kappa shape index (κ2) is 7.62. The summed E-state index contributed by atoms with van der Waals surface area (Å²) in [6.45, 7) is 4.18. The fourth-order valence-electron chi connectivity index (χ4n) is 1.69. The van der Waals surface area contributed by atoms with Gasteiger partial charge < -0.3 is 19.9 Å². The van der Waals surface area contributed by atoms with Gasteiger partial charge >= 0.3 is 5.97 Å². The number of ether oxygens (including phenoxy) is 2. The van der Waals surface area contributed by atoms with Gasteiger partial charge in [-0.1, -0.05) is 18.2 Å². The van der Waals surface area contributed by atoms with Crippen LogP contribution < -0.4 is 5.32 Å². The zero-order valence-corrected chi connectivity index (χ0v) is 11.8. The van der Waals surface area contributed by atoms with Gasteiger partial charge in [-0.05, 0) is 19.9 Å². The van der Waals surface area contributed by atoms with E-state index in [9.17, 15) is 14.7 Å². The molecule has 0 heterocycles. The molecule has 0 aliphatic rings. The van der Waals surface area contributed by atoms with E-state index in [1.807, 2.05) is 0 Å². The lowest BCUT2D eigenvalue weighted by atomic mass is 10.1. The van der Waals surface area contributed by atoms with Gasteiger partial charge in [0, 0.05) is 18.2 Å². The standard InChI is InChI=1S/C14H19NO5/c1-9(20-11(3)17)12-6-4-5-7-13(12)15-14(18)8-19-10(2)16/h4-7,9,11,17H,8H2,1-3H3,(H,15,18). The van der Waals surface area contributed by atoms with E-state index in [0.717, 1.165) is 5.56 Å². The van der Waals surface area contributed by atoms with Gasteiger partial charge in [-0.2, -0.15) is 0 Å². The molecule has 0 saturated carbocycles. The molecule has 1 amide bonds. The van der Waals surface area contributed by atoms with E-state index < -0.39 is 18.2 Å². The van der Waals surface area contributed by atoms with E-state index in [2.05, 4.69) is 10.1 Å². The molecule has 2 atom stereocenters. The summed E-state index contributed by atoms with van der Waals surface area (Å²) in [5.41, 5.74) is 1.28. The van der Waals surface area contributed by atoms with Crippen molar-refractivity contribution < 1.29 is 24.2 Å². The lowest BCUT2D eigenvalue weighted by Crippen LogP contribution is -2.21. The van der Waals surface area contributed by atoms with E-state index in [1.54, 1.807) is 31.2 Å². The van der Waals surface area contributed by atoms with Crippen molar-refractivity contribution in [3.63, 3.8) is 0 Å². The molecule has 2 unspecified atom stereocenters. The number of hydrogen-bond donors (Lipinski definition) is 2. The molecule has 1 aromatic rings. The fraction of sp³-hybridized carbons (Fsp3) is 0.429. The van der Waals surface area contributed by atoms with Crippen LogP contribution in [0.2, 0.25) is 0 Å². The second-order valence-electron chi connectivity index (χ2n) is 4.29. The van der Waals surface area contributed by atoms with E-state index >= 15 is 0 Å². The Morgan fingerprint density at radius 2 is 1.95 bits per heavy atom. The van der Waals surface area contributed by atoms with Gasteiger partial charge in [0.25, 0.3) is 5.91 Å². The molecule has 0 fully saturated rings. The highest BCUT2D eigenvalue weighted by molar-refractivity contribution is 5.93. The van der Waals surface area contributed by atoms with Crippen LogP contribution in [-0.4, -0.2) is 29.9 Å². The average molecular weight is 281 g/mol. The van der Waals surface area contributed by atoms with Crippen molar-refractivity contribution >= 4 is 17.6 Å².